The van der Waals surface area contributed by atoms with Crippen LogP contribution in [0.1, 0.15) is 33.1 Å². The van der Waals surface area contributed by atoms with Gasteiger partial charge in [-0.15, -0.1) is 0 Å². The van der Waals surface area contributed by atoms with Crippen LogP contribution in [0.5, 0.6) is 0 Å². The Labute approximate surface area is 121 Å². The van der Waals surface area contributed by atoms with Gasteiger partial charge >= 0.3 is 12.0 Å². The lowest BCUT2D eigenvalue weighted by Crippen LogP contribution is -2.55. The predicted octanol–water partition coefficient (Wildman–Crippen LogP) is 1.22. The van der Waals surface area contributed by atoms with Gasteiger partial charge in [-0.2, -0.15) is 0 Å². The molecule has 1 aliphatic heterocycles. The van der Waals surface area contributed by atoms with Crippen LogP contribution >= 0.6 is 0 Å². The highest BCUT2D eigenvalue weighted by Crippen LogP contribution is 2.11. The minimum atomic E-state index is -0.809. The van der Waals surface area contributed by atoms with Gasteiger partial charge < -0.3 is 15.3 Å². The number of nitrogens with one attached hydrogen (secondary N) is 1. The maximum absolute atomic E-state index is 12.1. The first kappa shape index (κ1) is 16.8. The number of hydrogen-bond donors (Lipinski definition) is 2. The molecule has 20 heavy (non-hydrogen) atoms. The van der Waals surface area contributed by atoms with Gasteiger partial charge in [0.25, 0.3) is 0 Å². The number of likely N-dealkylation sites (N-methyl/N-ethyl adjacent to an activating group) is 1. The maximum Gasteiger partial charge on any atom is 0.317 e. The van der Waals surface area contributed by atoms with E-state index in [2.05, 4.69) is 24.2 Å². The van der Waals surface area contributed by atoms with Crippen LogP contribution in [0.2, 0.25) is 0 Å². The van der Waals surface area contributed by atoms with E-state index in [9.17, 15) is 9.59 Å². The van der Waals surface area contributed by atoms with E-state index < -0.39 is 5.97 Å². The molecule has 0 spiro atoms. The van der Waals surface area contributed by atoms with Crippen molar-refractivity contribution in [1.29, 1.82) is 0 Å². The summed E-state index contributed by atoms with van der Waals surface area (Å²) in [5, 5.41) is 11.7. The van der Waals surface area contributed by atoms with E-state index in [1.54, 1.807) is 0 Å². The van der Waals surface area contributed by atoms with Gasteiger partial charge in [-0.3, -0.25) is 9.69 Å². The number of hydrogen-bond acceptors (Lipinski definition) is 3. The van der Waals surface area contributed by atoms with Crippen LogP contribution in [0.25, 0.3) is 0 Å². The number of aliphatic carboxylic acids is 1. The van der Waals surface area contributed by atoms with Gasteiger partial charge in [0.2, 0.25) is 0 Å². The lowest BCUT2D eigenvalue weighted by molar-refractivity contribution is -0.138. The Morgan fingerprint density at radius 3 is 2.60 bits per heavy atom. The van der Waals surface area contributed by atoms with E-state index in [1.165, 1.54) is 0 Å². The summed E-state index contributed by atoms with van der Waals surface area (Å²) in [6.45, 7) is 6.87. The summed E-state index contributed by atoms with van der Waals surface area (Å²) in [5.74, 6) is -0.803. The molecule has 0 aromatic heterocycles. The topological polar surface area (TPSA) is 72.9 Å². The third-order valence-electron chi connectivity index (χ3n) is 4.12. The number of rotatable bonds is 6. The standard InChI is InChI=1S/C14H27N3O3/c1-4-11(8-13(18)19)9-15-14(20)17-7-6-16(3)12(5-2)10-17/h11-12H,4-10H2,1-3H3,(H,15,20)(H,18,19). The second-order valence-corrected chi connectivity index (χ2v) is 5.55. The zero-order valence-electron chi connectivity index (χ0n) is 12.8. The number of carbonyl (C=O) groups is 2. The number of carboxylic acid groups (broad SMARTS) is 1. The van der Waals surface area contributed by atoms with Crippen LogP contribution < -0.4 is 5.32 Å². The van der Waals surface area contributed by atoms with Crippen molar-refractivity contribution in [2.75, 3.05) is 33.2 Å². The van der Waals surface area contributed by atoms with Crippen molar-refractivity contribution in [2.24, 2.45) is 5.92 Å². The molecule has 2 amide bonds. The monoisotopic (exact) mass is 285 g/mol. The number of nitrogens with zero attached hydrogens (tertiary/aromatic N) is 2. The van der Waals surface area contributed by atoms with E-state index in [4.69, 9.17) is 5.11 Å². The quantitative estimate of drug-likeness (QED) is 0.769. The number of amides is 2. The molecule has 1 heterocycles. The van der Waals surface area contributed by atoms with Gasteiger partial charge in [0, 0.05) is 38.6 Å². The Morgan fingerprint density at radius 2 is 2.05 bits per heavy atom. The second kappa shape index (κ2) is 8.09. The molecule has 1 rings (SSSR count). The molecule has 1 aliphatic rings. The fraction of sp³-hybridized carbons (Fsp3) is 0.857. The molecule has 0 saturated carbocycles. The molecule has 0 aromatic rings. The highest BCUT2D eigenvalue weighted by Gasteiger charge is 2.26. The SMILES string of the molecule is CCC(CNC(=O)N1CCN(C)C(CC)C1)CC(=O)O. The summed E-state index contributed by atoms with van der Waals surface area (Å²) in [6, 6.07) is 0.343. The Balaban J connectivity index is 2.40. The van der Waals surface area contributed by atoms with Gasteiger partial charge in [-0.25, -0.2) is 4.79 Å². The molecule has 2 unspecified atom stereocenters. The molecule has 116 valence electrons. The highest BCUT2D eigenvalue weighted by molar-refractivity contribution is 5.74. The van der Waals surface area contributed by atoms with Crippen LogP contribution in [0.3, 0.4) is 0 Å². The molecule has 0 radical (unpaired) electrons. The summed E-state index contributed by atoms with van der Waals surface area (Å²) >= 11 is 0. The summed E-state index contributed by atoms with van der Waals surface area (Å²) in [5.41, 5.74) is 0. The summed E-state index contributed by atoms with van der Waals surface area (Å²) in [4.78, 5) is 26.9. The summed E-state index contributed by atoms with van der Waals surface area (Å²) in [7, 11) is 2.09. The third kappa shape index (κ3) is 5.00. The molecule has 0 bridgehead atoms. The Kier molecular flexibility index (Phi) is 6.78. The normalized spacial score (nSPS) is 21.6. The Morgan fingerprint density at radius 1 is 1.35 bits per heavy atom. The van der Waals surface area contributed by atoms with Crippen LogP contribution in [0.15, 0.2) is 0 Å². The van der Waals surface area contributed by atoms with Gasteiger partial charge in [-0.1, -0.05) is 20.3 Å². The van der Waals surface area contributed by atoms with E-state index in [-0.39, 0.29) is 18.4 Å². The molecule has 6 heteroatoms. The molecule has 2 N–H and O–H groups in total. The smallest absolute Gasteiger partial charge is 0.317 e. The minimum absolute atomic E-state index is 0.00545. The molecule has 0 aliphatic carbocycles. The van der Waals surface area contributed by atoms with E-state index >= 15 is 0 Å². The molecular weight excluding hydrogens is 258 g/mol. The molecule has 6 nitrogen and oxygen atoms in total. The van der Waals surface area contributed by atoms with Crippen LogP contribution in [0.4, 0.5) is 4.79 Å². The van der Waals surface area contributed by atoms with Crippen molar-refractivity contribution in [3.63, 3.8) is 0 Å². The Hall–Kier alpha value is -1.30. The van der Waals surface area contributed by atoms with Crippen LogP contribution in [-0.4, -0.2) is 66.2 Å². The van der Waals surface area contributed by atoms with Crippen molar-refractivity contribution in [2.45, 2.75) is 39.2 Å². The first-order valence-corrected chi connectivity index (χ1v) is 7.42. The first-order chi connectivity index (χ1) is 9.47. The summed E-state index contributed by atoms with van der Waals surface area (Å²) in [6.07, 6.45) is 1.89. The molecule has 0 aromatic carbocycles. The molecule has 1 fully saturated rings. The molecular formula is C14H27N3O3. The predicted molar refractivity (Wildman–Crippen MR) is 77.7 cm³/mol. The maximum atomic E-state index is 12.1. The van der Waals surface area contributed by atoms with Crippen LogP contribution in [-0.2, 0) is 4.79 Å². The summed E-state index contributed by atoms with van der Waals surface area (Å²) < 4.78 is 0. The fourth-order valence-electron chi connectivity index (χ4n) is 2.52. The number of piperazine rings is 1. The lowest BCUT2D eigenvalue weighted by Gasteiger charge is -2.39. The van der Waals surface area contributed by atoms with Gasteiger partial charge in [0.05, 0.1) is 0 Å². The van der Waals surface area contributed by atoms with Crippen LogP contribution in [0, 0.1) is 5.92 Å². The van der Waals surface area contributed by atoms with Crippen molar-refractivity contribution < 1.29 is 14.7 Å². The largest absolute Gasteiger partial charge is 0.481 e. The molecule has 2 atom stereocenters. The minimum Gasteiger partial charge on any atom is -0.481 e. The Bertz CT molecular complexity index is 336. The third-order valence-corrected chi connectivity index (χ3v) is 4.12. The van der Waals surface area contributed by atoms with Crippen molar-refractivity contribution >= 4 is 12.0 Å². The lowest BCUT2D eigenvalue weighted by atomic mass is 10.0. The zero-order valence-corrected chi connectivity index (χ0v) is 12.8. The highest BCUT2D eigenvalue weighted by atomic mass is 16.4. The number of carbonyl (C=O) groups excluding carboxylic acids is 1. The average Bonchev–Trinajstić information content (AvgIpc) is 2.43. The van der Waals surface area contributed by atoms with Crippen molar-refractivity contribution in [1.82, 2.24) is 15.1 Å². The average molecular weight is 285 g/mol. The van der Waals surface area contributed by atoms with E-state index in [0.717, 1.165) is 32.5 Å². The number of carboxylic acids is 1. The fourth-order valence-corrected chi connectivity index (χ4v) is 2.52. The van der Waals surface area contributed by atoms with Crippen molar-refractivity contribution in [3.8, 4) is 0 Å². The van der Waals surface area contributed by atoms with Crippen molar-refractivity contribution in [3.05, 3.63) is 0 Å². The van der Waals surface area contributed by atoms with Gasteiger partial charge in [0.1, 0.15) is 0 Å². The zero-order chi connectivity index (χ0) is 15.1. The van der Waals surface area contributed by atoms with Gasteiger partial charge in [-0.05, 0) is 19.4 Å². The van der Waals surface area contributed by atoms with Gasteiger partial charge in [0.15, 0.2) is 0 Å². The first-order valence-electron chi connectivity index (χ1n) is 7.42. The second-order valence-electron chi connectivity index (χ2n) is 5.55. The van der Waals surface area contributed by atoms with E-state index in [0.29, 0.717) is 12.6 Å². The van der Waals surface area contributed by atoms with E-state index in [1.807, 2.05) is 11.8 Å². The molecule has 1 saturated heterocycles. The number of urea groups is 1.